The van der Waals surface area contributed by atoms with Gasteiger partial charge in [-0.15, -0.1) is 0 Å². The van der Waals surface area contributed by atoms with E-state index in [1.165, 1.54) is 6.20 Å². The molecule has 0 saturated heterocycles. The number of carboxylic acid groups (broad SMARTS) is 1. The predicted octanol–water partition coefficient (Wildman–Crippen LogP) is 0.973. The number of rotatable bonds is 4. The molecule has 10 heavy (non-hydrogen) atoms. The van der Waals surface area contributed by atoms with Gasteiger partial charge in [-0.3, -0.25) is 0 Å². The molecule has 0 aromatic carbocycles. The summed E-state index contributed by atoms with van der Waals surface area (Å²) in [5.74, 6) is -0.921. The van der Waals surface area contributed by atoms with Crippen LogP contribution in [0.25, 0.3) is 0 Å². The maximum Gasteiger partial charge on any atom is 0.329 e. The van der Waals surface area contributed by atoms with Crippen LogP contribution in [0.4, 0.5) is 0 Å². The molecule has 0 aromatic rings. The first-order chi connectivity index (χ1) is 4.66. The highest BCUT2D eigenvalue weighted by Crippen LogP contribution is 1.86. The van der Waals surface area contributed by atoms with Crippen LogP contribution in [0.3, 0.4) is 0 Å². The fraction of sp³-hybridized carbons (Fsp3) is 0.571. The molecular formula is C7H13NO2. The van der Waals surface area contributed by atoms with Gasteiger partial charge in [0.25, 0.3) is 0 Å². The Kier molecular flexibility index (Phi) is 4.37. The van der Waals surface area contributed by atoms with Gasteiger partial charge in [0, 0.05) is 18.3 Å². The zero-order valence-electron chi connectivity index (χ0n) is 6.29. The average Bonchev–Trinajstić information content (AvgIpc) is 1.87. The van der Waals surface area contributed by atoms with Crippen LogP contribution in [0.1, 0.15) is 20.3 Å². The molecule has 1 atom stereocenters. The summed E-state index contributed by atoms with van der Waals surface area (Å²) in [7, 11) is 0. The smallest absolute Gasteiger partial charge is 0.329 e. The lowest BCUT2D eigenvalue weighted by Gasteiger charge is -2.06. The van der Waals surface area contributed by atoms with Crippen LogP contribution < -0.4 is 5.32 Å². The summed E-state index contributed by atoms with van der Waals surface area (Å²) in [6.45, 7) is 4.03. The molecule has 0 heterocycles. The Morgan fingerprint density at radius 3 is 2.80 bits per heavy atom. The van der Waals surface area contributed by atoms with Gasteiger partial charge >= 0.3 is 5.97 Å². The molecule has 0 spiro atoms. The molecule has 1 unspecified atom stereocenters. The standard InChI is InChI=1S/C7H13NO2/c1-3-6(2)8-5-4-7(9)10/h4-6,8H,3H2,1-2H3,(H,9,10)/b5-4+. The topological polar surface area (TPSA) is 49.3 Å². The van der Waals surface area contributed by atoms with Crippen LogP contribution in [-0.2, 0) is 4.79 Å². The fourth-order valence-corrected chi connectivity index (χ4v) is 0.402. The van der Waals surface area contributed by atoms with Crippen LogP contribution >= 0.6 is 0 Å². The van der Waals surface area contributed by atoms with Crippen LogP contribution in [0.2, 0.25) is 0 Å². The molecule has 0 fully saturated rings. The van der Waals surface area contributed by atoms with Crippen LogP contribution in [0.15, 0.2) is 12.3 Å². The Morgan fingerprint density at radius 2 is 2.40 bits per heavy atom. The number of aliphatic carboxylic acids is 1. The summed E-state index contributed by atoms with van der Waals surface area (Å²) in [4.78, 5) is 9.94. The summed E-state index contributed by atoms with van der Waals surface area (Å²) in [5.41, 5.74) is 0. The number of hydrogen-bond donors (Lipinski definition) is 2. The zero-order valence-corrected chi connectivity index (χ0v) is 6.29. The van der Waals surface area contributed by atoms with Gasteiger partial charge in [0.1, 0.15) is 0 Å². The maximum absolute atomic E-state index is 9.94. The van der Waals surface area contributed by atoms with Gasteiger partial charge in [-0.25, -0.2) is 4.79 Å². The number of carbonyl (C=O) groups is 1. The van der Waals surface area contributed by atoms with Gasteiger partial charge < -0.3 is 10.4 Å². The monoisotopic (exact) mass is 143 g/mol. The van der Waals surface area contributed by atoms with Crippen LogP contribution in [-0.4, -0.2) is 17.1 Å². The third kappa shape index (κ3) is 5.15. The minimum Gasteiger partial charge on any atom is -0.478 e. The van der Waals surface area contributed by atoms with Crippen molar-refractivity contribution in [2.24, 2.45) is 0 Å². The molecular weight excluding hydrogens is 130 g/mol. The number of hydrogen-bond acceptors (Lipinski definition) is 2. The van der Waals surface area contributed by atoms with Crippen molar-refractivity contribution in [1.29, 1.82) is 0 Å². The first-order valence-corrected chi connectivity index (χ1v) is 3.32. The second-order valence-electron chi connectivity index (χ2n) is 2.15. The molecule has 0 radical (unpaired) electrons. The Labute approximate surface area is 60.7 Å². The molecule has 0 saturated carbocycles. The first-order valence-electron chi connectivity index (χ1n) is 3.32. The lowest BCUT2D eigenvalue weighted by molar-refractivity contribution is -0.131. The summed E-state index contributed by atoms with van der Waals surface area (Å²) in [6, 6.07) is 0.343. The van der Waals surface area contributed by atoms with Crippen molar-refractivity contribution in [1.82, 2.24) is 5.32 Å². The average molecular weight is 143 g/mol. The second-order valence-corrected chi connectivity index (χ2v) is 2.15. The van der Waals surface area contributed by atoms with E-state index in [-0.39, 0.29) is 0 Å². The first kappa shape index (κ1) is 9.01. The van der Waals surface area contributed by atoms with Crippen LogP contribution in [0, 0.1) is 0 Å². The van der Waals surface area contributed by atoms with Crippen molar-refractivity contribution in [2.45, 2.75) is 26.3 Å². The Bertz CT molecular complexity index is 132. The van der Waals surface area contributed by atoms with Gasteiger partial charge in [0.05, 0.1) is 0 Å². The van der Waals surface area contributed by atoms with Crippen molar-refractivity contribution in [3.05, 3.63) is 12.3 Å². The Morgan fingerprint density at radius 1 is 1.80 bits per heavy atom. The van der Waals surface area contributed by atoms with E-state index < -0.39 is 5.97 Å². The zero-order chi connectivity index (χ0) is 7.98. The summed E-state index contributed by atoms with van der Waals surface area (Å²) >= 11 is 0. The second kappa shape index (κ2) is 4.85. The summed E-state index contributed by atoms with van der Waals surface area (Å²) < 4.78 is 0. The van der Waals surface area contributed by atoms with E-state index in [1.807, 2.05) is 13.8 Å². The molecule has 0 aliphatic heterocycles. The highest BCUT2D eigenvalue weighted by molar-refractivity contribution is 5.79. The van der Waals surface area contributed by atoms with Gasteiger partial charge in [-0.1, -0.05) is 6.92 Å². The normalized spacial score (nSPS) is 13.4. The van der Waals surface area contributed by atoms with E-state index in [0.717, 1.165) is 12.5 Å². The lowest BCUT2D eigenvalue weighted by Crippen LogP contribution is -2.18. The Balaban J connectivity index is 3.43. The summed E-state index contributed by atoms with van der Waals surface area (Å²) in [6.07, 6.45) is 3.53. The molecule has 2 N–H and O–H groups in total. The van der Waals surface area contributed by atoms with Crippen molar-refractivity contribution in [3.63, 3.8) is 0 Å². The van der Waals surface area contributed by atoms with Gasteiger partial charge in [-0.2, -0.15) is 0 Å². The molecule has 58 valence electrons. The van der Waals surface area contributed by atoms with E-state index in [4.69, 9.17) is 5.11 Å². The molecule has 0 aliphatic rings. The number of carboxylic acids is 1. The highest BCUT2D eigenvalue weighted by Gasteiger charge is 1.91. The van der Waals surface area contributed by atoms with Crippen LogP contribution in [0.5, 0.6) is 0 Å². The van der Waals surface area contributed by atoms with Gasteiger partial charge in [0.2, 0.25) is 0 Å². The minimum atomic E-state index is -0.921. The molecule has 0 bridgehead atoms. The van der Waals surface area contributed by atoms with E-state index in [2.05, 4.69) is 5.32 Å². The summed E-state index contributed by atoms with van der Waals surface area (Å²) in [5, 5.41) is 11.1. The minimum absolute atomic E-state index is 0.343. The molecule has 0 aliphatic carbocycles. The SMILES string of the molecule is CCC(C)N/C=C/C(=O)O. The van der Waals surface area contributed by atoms with E-state index >= 15 is 0 Å². The third-order valence-corrected chi connectivity index (χ3v) is 1.22. The maximum atomic E-state index is 9.94. The van der Waals surface area contributed by atoms with Gasteiger partial charge in [0.15, 0.2) is 0 Å². The Hall–Kier alpha value is -0.990. The van der Waals surface area contributed by atoms with Crippen molar-refractivity contribution >= 4 is 5.97 Å². The van der Waals surface area contributed by atoms with E-state index in [1.54, 1.807) is 0 Å². The van der Waals surface area contributed by atoms with E-state index in [9.17, 15) is 4.79 Å². The molecule has 3 nitrogen and oxygen atoms in total. The molecule has 0 amide bonds. The number of nitrogens with one attached hydrogen (secondary N) is 1. The van der Waals surface area contributed by atoms with Crippen molar-refractivity contribution in [2.75, 3.05) is 0 Å². The van der Waals surface area contributed by atoms with Gasteiger partial charge in [-0.05, 0) is 13.3 Å². The van der Waals surface area contributed by atoms with Crippen molar-refractivity contribution in [3.8, 4) is 0 Å². The molecule has 0 aromatic heterocycles. The molecule has 3 heteroatoms. The quantitative estimate of drug-likeness (QED) is 0.576. The molecule has 0 rings (SSSR count). The predicted molar refractivity (Wildman–Crippen MR) is 39.7 cm³/mol. The fourth-order valence-electron chi connectivity index (χ4n) is 0.402. The van der Waals surface area contributed by atoms with Crippen molar-refractivity contribution < 1.29 is 9.90 Å². The lowest BCUT2D eigenvalue weighted by atomic mass is 10.3. The third-order valence-electron chi connectivity index (χ3n) is 1.22. The largest absolute Gasteiger partial charge is 0.478 e. The van der Waals surface area contributed by atoms with E-state index in [0.29, 0.717) is 6.04 Å². The highest BCUT2D eigenvalue weighted by atomic mass is 16.4.